The first-order valence-corrected chi connectivity index (χ1v) is 8.96. The molecule has 25 heavy (non-hydrogen) atoms. The molecule has 0 radical (unpaired) electrons. The number of carbonyl (C=O) groups is 1. The molecule has 1 aliphatic rings. The van der Waals surface area contributed by atoms with Gasteiger partial charge in [-0.2, -0.15) is 0 Å². The number of imidazole rings is 1. The zero-order valence-corrected chi connectivity index (χ0v) is 15.0. The number of nitrogens with zero attached hydrogens (tertiary/aromatic N) is 4. The smallest absolute Gasteiger partial charge is 0.234 e. The van der Waals surface area contributed by atoms with E-state index in [4.69, 9.17) is 0 Å². The van der Waals surface area contributed by atoms with Crippen molar-refractivity contribution >= 4 is 16.9 Å². The Labute approximate surface area is 147 Å². The average molecular weight is 347 g/mol. The number of likely N-dealkylation sites (N-methyl/N-ethyl adjacent to an activating group) is 1. The second kappa shape index (κ2) is 7.93. The van der Waals surface area contributed by atoms with Crippen molar-refractivity contribution in [3.63, 3.8) is 0 Å². The molecule has 0 saturated carbocycles. The number of aryl methyl sites for hydroxylation is 1. The molecule has 136 valence electrons. The van der Waals surface area contributed by atoms with Crippen LogP contribution in [0.3, 0.4) is 0 Å². The molecule has 1 N–H and O–H groups in total. The summed E-state index contributed by atoms with van der Waals surface area (Å²) in [5.74, 6) is 0.810. The minimum atomic E-state index is -0.251. The molecule has 7 heteroatoms. The Hall–Kier alpha value is -1.99. The number of halogens is 1. The fourth-order valence-electron chi connectivity index (χ4n) is 3.39. The summed E-state index contributed by atoms with van der Waals surface area (Å²) in [6.07, 6.45) is 0. The molecule has 1 aromatic heterocycles. The van der Waals surface area contributed by atoms with Crippen LogP contribution in [0.2, 0.25) is 0 Å². The van der Waals surface area contributed by atoms with Crippen LogP contribution < -0.4 is 5.32 Å². The Morgan fingerprint density at radius 1 is 1.20 bits per heavy atom. The standard InChI is InChI=1S/C18H26FN5O/c1-3-20-18(25)13-23-9-7-22(8-10-23)12-17-21-15-11-14(19)5-6-16(15)24(17)4-2/h5-6,11H,3-4,7-10,12-13H2,1-2H3,(H,20,25). The van der Waals surface area contributed by atoms with Crippen molar-refractivity contribution < 1.29 is 9.18 Å². The summed E-state index contributed by atoms with van der Waals surface area (Å²) in [6.45, 7) is 10.3. The Morgan fingerprint density at radius 2 is 1.92 bits per heavy atom. The van der Waals surface area contributed by atoms with Crippen molar-refractivity contribution in [2.45, 2.75) is 26.9 Å². The lowest BCUT2D eigenvalue weighted by atomic mass is 10.3. The lowest BCUT2D eigenvalue weighted by Crippen LogP contribution is -2.49. The van der Waals surface area contributed by atoms with Gasteiger partial charge in [-0.15, -0.1) is 0 Å². The third-order valence-electron chi connectivity index (χ3n) is 4.68. The van der Waals surface area contributed by atoms with Crippen LogP contribution in [-0.4, -0.2) is 64.5 Å². The lowest BCUT2D eigenvalue weighted by molar-refractivity contribution is -0.122. The van der Waals surface area contributed by atoms with Crippen LogP contribution in [-0.2, 0) is 17.9 Å². The largest absolute Gasteiger partial charge is 0.355 e. The summed E-state index contributed by atoms with van der Waals surface area (Å²) in [7, 11) is 0. The number of hydrogen-bond acceptors (Lipinski definition) is 4. The number of hydrogen-bond donors (Lipinski definition) is 1. The molecular formula is C18H26FN5O. The highest BCUT2D eigenvalue weighted by Gasteiger charge is 2.21. The fraction of sp³-hybridized carbons (Fsp3) is 0.556. The summed E-state index contributed by atoms with van der Waals surface area (Å²) in [6, 6.07) is 4.78. The first-order valence-electron chi connectivity index (χ1n) is 8.96. The van der Waals surface area contributed by atoms with Crippen molar-refractivity contribution in [3.05, 3.63) is 29.8 Å². The van der Waals surface area contributed by atoms with E-state index < -0.39 is 0 Å². The van der Waals surface area contributed by atoms with Crippen molar-refractivity contribution in [3.8, 4) is 0 Å². The van der Waals surface area contributed by atoms with Gasteiger partial charge >= 0.3 is 0 Å². The third kappa shape index (κ3) is 4.16. The number of amides is 1. The Bertz CT molecular complexity index is 736. The number of nitrogens with one attached hydrogen (secondary N) is 1. The fourth-order valence-corrected chi connectivity index (χ4v) is 3.39. The van der Waals surface area contributed by atoms with Gasteiger partial charge in [-0.05, 0) is 26.0 Å². The number of carbonyl (C=O) groups excluding carboxylic acids is 1. The molecule has 0 bridgehead atoms. The minimum Gasteiger partial charge on any atom is -0.355 e. The van der Waals surface area contributed by atoms with E-state index in [1.807, 2.05) is 6.92 Å². The van der Waals surface area contributed by atoms with Gasteiger partial charge in [0.2, 0.25) is 5.91 Å². The van der Waals surface area contributed by atoms with Crippen LogP contribution in [0.25, 0.3) is 11.0 Å². The summed E-state index contributed by atoms with van der Waals surface area (Å²) >= 11 is 0. The van der Waals surface area contributed by atoms with Gasteiger partial charge < -0.3 is 9.88 Å². The van der Waals surface area contributed by atoms with Crippen LogP contribution in [0.4, 0.5) is 4.39 Å². The van der Waals surface area contributed by atoms with Gasteiger partial charge in [0, 0.05) is 45.3 Å². The van der Waals surface area contributed by atoms with Crippen LogP contribution in [0.15, 0.2) is 18.2 Å². The van der Waals surface area contributed by atoms with Crippen LogP contribution in [0, 0.1) is 5.82 Å². The van der Waals surface area contributed by atoms with Gasteiger partial charge in [0.05, 0.1) is 24.1 Å². The maximum Gasteiger partial charge on any atom is 0.234 e. The second-order valence-electron chi connectivity index (χ2n) is 6.41. The monoisotopic (exact) mass is 347 g/mol. The van der Waals surface area contributed by atoms with E-state index in [1.54, 1.807) is 6.07 Å². The third-order valence-corrected chi connectivity index (χ3v) is 4.68. The first kappa shape index (κ1) is 17.8. The summed E-state index contributed by atoms with van der Waals surface area (Å²) < 4.78 is 15.6. The van der Waals surface area contributed by atoms with Crippen molar-refractivity contribution in [1.82, 2.24) is 24.7 Å². The van der Waals surface area contributed by atoms with Gasteiger partial charge in [-0.3, -0.25) is 14.6 Å². The van der Waals surface area contributed by atoms with Crippen molar-refractivity contribution in [2.75, 3.05) is 39.3 Å². The van der Waals surface area contributed by atoms with Crippen LogP contribution in [0.5, 0.6) is 0 Å². The van der Waals surface area contributed by atoms with Gasteiger partial charge in [0.1, 0.15) is 11.6 Å². The van der Waals surface area contributed by atoms with Gasteiger partial charge in [0.25, 0.3) is 0 Å². The molecule has 0 spiro atoms. The molecule has 2 heterocycles. The Balaban J connectivity index is 1.62. The van der Waals surface area contributed by atoms with Crippen molar-refractivity contribution in [1.29, 1.82) is 0 Å². The molecule has 0 aliphatic carbocycles. The number of piperazine rings is 1. The average Bonchev–Trinajstić information content (AvgIpc) is 2.92. The zero-order valence-electron chi connectivity index (χ0n) is 15.0. The molecular weight excluding hydrogens is 321 g/mol. The highest BCUT2D eigenvalue weighted by Crippen LogP contribution is 2.19. The van der Waals surface area contributed by atoms with Crippen LogP contribution in [0.1, 0.15) is 19.7 Å². The van der Waals surface area contributed by atoms with E-state index in [2.05, 4.69) is 31.6 Å². The molecule has 1 amide bonds. The predicted molar refractivity (Wildman–Crippen MR) is 95.8 cm³/mol. The Kier molecular flexibility index (Phi) is 5.65. The normalized spacial score (nSPS) is 16.4. The predicted octanol–water partition coefficient (Wildman–Crippen LogP) is 1.45. The van der Waals surface area contributed by atoms with Gasteiger partial charge in [-0.25, -0.2) is 9.37 Å². The minimum absolute atomic E-state index is 0.0887. The van der Waals surface area contributed by atoms with E-state index in [9.17, 15) is 9.18 Å². The quantitative estimate of drug-likeness (QED) is 0.859. The molecule has 6 nitrogen and oxygen atoms in total. The number of benzene rings is 1. The molecule has 1 aromatic carbocycles. The molecule has 1 fully saturated rings. The molecule has 0 unspecified atom stereocenters. The van der Waals surface area contributed by atoms with E-state index >= 15 is 0 Å². The Morgan fingerprint density at radius 3 is 2.60 bits per heavy atom. The van der Waals surface area contributed by atoms with Crippen LogP contribution >= 0.6 is 0 Å². The highest BCUT2D eigenvalue weighted by atomic mass is 19.1. The van der Waals surface area contributed by atoms with E-state index in [0.29, 0.717) is 18.6 Å². The SMILES string of the molecule is CCNC(=O)CN1CCN(Cc2nc3cc(F)ccc3n2CC)CC1. The lowest BCUT2D eigenvalue weighted by Gasteiger charge is -2.34. The van der Waals surface area contributed by atoms with E-state index in [0.717, 1.165) is 50.6 Å². The number of fused-ring (bicyclic) bond motifs is 1. The maximum absolute atomic E-state index is 13.4. The van der Waals surface area contributed by atoms with Gasteiger partial charge in [-0.1, -0.05) is 0 Å². The molecule has 2 aromatic rings. The second-order valence-corrected chi connectivity index (χ2v) is 6.41. The molecule has 1 saturated heterocycles. The molecule has 0 atom stereocenters. The summed E-state index contributed by atoms with van der Waals surface area (Å²) in [5, 5.41) is 2.84. The summed E-state index contributed by atoms with van der Waals surface area (Å²) in [4.78, 5) is 20.8. The van der Waals surface area contributed by atoms with E-state index in [-0.39, 0.29) is 11.7 Å². The molecule has 1 aliphatic heterocycles. The summed E-state index contributed by atoms with van der Waals surface area (Å²) in [5.41, 5.74) is 1.69. The highest BCUT2D eigenvalue weighted by molar-refractivity contribution is 5.78. The zero-order chi connectivity index (χ0) is 17.8. The topological polar surface area (TPSA) is 53.4 Å². The number of rotatable bonds is 6. The van der Waals surface area contributed by atoms with Crippen molar-refractivity contribution in [2.24, 2.45) is 0 Å². The number of aromatic nitrogens is 2. The maximum atomic E-state index is 13.4. The van der Waals surface area contributed by atoms with E-state index in [1.165, 1.54) is 12.1 Å². The first-order chi connectivity index (χ1) is 12.1. The molecule has 3 rings (SSSR count). The van der Waals surface area contributed by atoms with Gasteiger partial charge in [0.15, 0.2) is 0 Å².